The summed E-state index contributed by atoms with van der Waals surface area (Å²) in [5.41, 5.74) is 2.12. The van der Waals surface area contributed by atoms with E-state index in [1.165, 1.54) is 0 Å². The average Bonchev–Trinajstić information content (AvgIpc) is 2.68. The molecule has 0 spiro atoms. The van der Waals surface area contributed by atoms with Crippen molar-refractivity contribution < 1.29 is 9.53 Å². The topological polar surface area (TPSA) is 81.1 Å². The first-order valence-corrected chi connectivity index (χ1v) is 8.24. The third kappa shape index (κ3) is 3.40. The highest BCUT2D eigenvalue weighted by Gasteiger charge is 2.26. The lowest BCUT2D eigenvalue weighted by Gasteiger charge is -2.32. The third-order valence-electron chi connectivity index (χ3n) is 4.22. The standard InChI is InChI=1S/C18H17N5O2/c24-18(13-5-6-15-16(11-13)20-9-8-19-15)23-10-2-3-14(12-23)25-17-4-1-7-21-22-17/h1,4-9,11,14H,2-3,10,12H2/t14-/m1/s1. The van der Waals surface area contributed by atoms with Crippen molar-refractivity contribution in [3.8, 4) is 5.88 Å². The van der Waals surface area contributed by atoms with E-state index in [0.29, 0.717) is 18.0 Å². The maximum absolute atomic E-state index is 12.8. The summed E-state index contributed by atoms with van der Waals surface area (Å²) in [6, 6.07) is 8.97. The molecule has 1 aliphatic heterocycles. The predicted molar refractivity (Wildman–Crippen MR) is 91.1 cm³/mol. The summed E-state index contributed by atoms with van der Waals surface area (Å²) >= 11 is 0. The summed E-state index contributed by atoms with van der Waals surface area (Å²) in [5, 5.41) is 7.76. The molecule has 3 heterocycles. The molecule has 1 aromatic carbocycles. The van der Waals surface area contributed by atoms with E-state index in [9.17, 15) is 4.79 Å². The number of likely N-dealkylation sites (tertiary alicyclic amines) is 1. The number of carbonyl (C=O) groups is 1. The van der Waals surface area contributed by atoms with Gasteiger partial charge in [0, 0.05) is 36.8 Å². The molecule has 7 nitrogen and oxygen atoms in total. The van der Waals surface area contributed by atoms with Crippen LogP contribution in [0.4, 0.5) is 0 Å². The van der Waals surface area contributed by atoms with Crippen LogP contribution in [0.1, 0.15) is 23.2 Å². The molecule has 1 amide bonds. The molecule has 0 bridgehead atoms. The summed E-state index contributed by atoms with van der Waals surface area (Å²) < 4.78 is 5.85. The van der Waals surface area contributed by atoms with Crippen LogP contribution in [0.5, 0.6) is 5.88 Å². The van der Waals surface area contributed by atoms with Gasteiger partial charge in [0.2, 0.25) is 5.88 Å². The summed E-state index contributed by atoms with van der Waals surface area (Å²) in [7, 11) is 0. The van der Waals surface area contributed by atoms with Gasteiger partial charge in [0.05, 0.1) is 17.6 Å². The maximum atomic E-state index is 12.8. The Kier molecular flexibility index (Phi) is 4.20. The van der Waals surface area contributed by atoms with Crippen molar-refractivity contribution in [3.05, 3.63) is 54.5 Å². The van der Waals surface area contributed by atoms with Crippen molar-refractivity contribution in [2.24, 2.45) is 0 Å². The van der Waals surface area contributed by atoms with Crippen molar-refractivity contribution in [1.29, 1.82) is 0 Å². The van der Waals surface area contributed by atoms with Crippen LogP contribution in [-0.2, 0) is 0 Å². The molecule has 1 atom stereocenters. The number of carbonyl (C=O) groups excluding carboxylic acids is 1. The average molecular weight is 335 g/mol. The second-order valence-corrected chi connectivity index (χ2v) is 5.95. The zero-order valence-electron chi connectivity index (χ0n) is 13.6. The predicted octanol–water partition coefficient (Wildman–Crippen LogP) is 2.10. The number of piperidine rings is 1. The molecular weight excluding hydrogens is 318 g/mol. The summed E-state index contributed by atoms with van der Waals surface area (Å²) in [4.78, 5) is 23.2. The molecule has 1 saturated heterocycles. The van der Waals surface area contributed by atoms with E-state index in [2.05, 4.69) is 20.2 Å². The number of benzene rings is 1. The van der Waals surface area contributed by atoms with Gasteiger partial charge >= 0.3 is 0 Å². The van der Waals surface area contributed by atoms with E-state index in [4.69, 9.17) is 4.74 Å². The largest absolute Gasteiger partial charge is 0.471 e. The van der Waals surface area contributed by atoms with Crippen LogP contribution >= 0.6 is 0 Å². The number of rotatable bonds is 3. The monoisotopic (exact) mass is 335 g/mol. The Morgan fingerprint density at radius 2 is 2.00 bits per heavy atom. The van der Waals surface area contributed by atoms with Gasteiger partial charge in [-0.1, -0.05) is 0 Å². The lowest BCUT2D eigenvalue weighted by atomic mass is 10.1. The molecule has 1 aliphatic rings. The minimum Gasteiger partial charge on any atom is -0.471 e. The number of amides is 1. The molecule has 2 aromatic heterocycles. The highest BCUT2D eigenvalue weighted by atomic mass is 16.5. The number of nitrogens with zero attached hydrogens (tertiary/aromatic N) is 5. The molecule has 126 valence electrons. The maximum Gasteiger partial charge on any atom is 0.254 e. The molecule has 0 aliphatic carbocycles. The van der Waals surface area contributed by atoms with Gasteiger partial charge in [-0.3, -0.25) is 14.8 Å². The lowest BCUT2D eigenvalue weighted by molar-refractivity contribution is 0.0525. The molecule has 0 saturated carbocycles. The summed E-state index contributed by atoms with van der Waals surface area (Å²) in [6.07, 6.45) is 6.58. The van der Waals surface area contributed by atoms with E-state index in [1.807, 2.05) is 11.0 Å². The van der Waals surface area contributed by atoms with E-state index in [1.54, 1.807) is 42.9 Å². The minimum absolute atomic E-state index is 0.0139. The Hall–Kier alpha value is -3.09. The van der Waals surface area contributed by atoms with Crippen molar-refractivity contribution in [2.45, 2.75) is 18.9 Å². The Bertz CT molecular complexity index is 887. The normalized spacial score (nSPS) is 17.4. The molecule has 7 heteroatoms. The van der Waals surface area contributed by atoms with E-state index >= 15 is 0 Å². The van der Waals surface area contributed by atoms with Gasteiger partial charge in [-0.2, -0.15) is 5.10 Å². The number of aromatic nitrogens is 4. The van der Waals surface area contributed by atoms with Crippen molar-refractivity contribution in [3.63, 3.8) is 0 Å². The Morgan fingerprint density at radius 3 is 2.84 bits per heavy atom. The van der Waals surface area contributed by atoms with Crippen LogP contribution in [0.2, 0.25) is 0 Å². The molecular formula is C18H17N5O2. The zero-order valence-corrected chi connectivity index (χ0v) is 13.6. The molecule has 1 fully saturated rings. The Labute approximate surface area is 144 Å². The van der Waals surface area contributed by atoms with E-state index in [0.717, 1.165) is 30.4 Å². The number of ether oxygens (including phenoxy) is 1. The molecule has 4 rings (SSSR count). The van der Waals surface area contributed by atoms with Gasteiger partial charge in [-0.05, 0) is 37.1 Å². The van der Waals surface area contributed by atoms with E-state index < -0.39 is 0 Å². The van der Waals surface area contributed by atoms with Gasteiger partial charge < -0.3 is 9.64 Å². The third-order valence-corrected chi connectivity index (χ3v) is 4.22. The Balaban J connectivity index is 1.49. The van der Waals surface area contributed by atoms with Crippen molar-refractivity contribution >= 4 is 16.9 Å². The highest BCUT2D eigenvalue weighted by molar-refractivity contribution is 5.97. The Morgan fingerprint density at radius 1 is 1.12 bits per heavy atom. The van der Waals surface area contributed by atoms with Crippen molar-refractivity contribution in [1.82, 2.24) is 25.1 Å². The van der Waals surface area contributed by atoms with Gasteiger partial charge in [0.1, 0.15) is 6.10 Å². The fourth-order valence-corrected chi connectivity index (χ4v) is 3.02. The number of hydrogen-bond donors (Lipinski definition) is 0. The fourth-order valence-electron chi connectivity index (χ4n) is 3.02. The first kappa shape index (κ1) is 15.4. The van der Waals surface area contributed by atoms with Gasteiger partial charge in [0.15, 0.2) is 0 Å². The second-order valence-electron chi connectivity index (χ2n) is 5.95. The van der Waals surface area contributed by atoms with Crippen LogP contribution < -0.4 is 4.74 Å². The van der Waals surface area contributed by atoms with Gasteiger partial charge in [-0.15, -0.1) is 5.10 Å². The molecule has 0 N–H and O–H groups in total. The highest BCUT2D eigenvalue weighted by Crippen LogP contribution is 2.19. The number of fused-ring (bicyclic) bond motifs is 1. The van der Waals surface area contributed by atoms with Crippen LogP contribution in [0.25, 0.3) is 11.0 Å². The first-order valence-electron chi connectivity index (χ1n) is 8.24. The SMILES string of the molecule is O=C(c1ccc2nccnc2c1)N1CCC[C@@H](Oc2cccnn2)C1. The second kappa shape index (κ2) is 6.80. The van der Waals surface area contributed by atoms with Crippen LogP contribution in [0.3, 0.4) is 0 Å². The summed E-state index contributed by atoms with van der Waals surface area (Å²) in [5.74, 6) is 0.475. The molecule has 0 unspecified atom stereocenters. The smallest absolute Gasteiger partial charge is 0.254 e. The van der Waals surface area contributed by atoms with Crippen molar-refractivity contribution in [2.75, 3.05) is 13.1 Å². The van der Waals surface area contributed by atoms with Gasteiger partial charge in [0.25, 0.3) is 5.91 Å². The lowest BCUT2D eigenvalue weighted by Crippen LogP contribution is -2.44. The number of hydrogen-bond acceptors (Lipinski definition) is 6. The fraction of sp³-hybridized carbons (Fsp3) is 0.278. The van der Waals surface area contributed by atoms with E-state index in [-0.39, 0.29) is 12.0 Å². The quantitative estimate of drug-likeness (QED) is 0.729. The van der Waals surface area contributed by atoms with Crippen LogP contribution in [-0.4, -0.2) is 50.2 Å². The molecule has 0 radical (unpaired) electrons. The molecule has 3 aromatic rings. The zero-order chi connectivity index (χ0) is 17.1. The first-order chi connectivity index (χ1) is 12.3. The minimum atomic E-state index is -0.0744. The van der Waals surface area contributed by atoms with Gasteiger partial charge in [-0.25, -0.2) is 0 Å². The van der Waals surface area contributed by atoms with Crippen LogP contribution in [0.15, 0.2) is 48.9 Å². The molecule has 25 heavy (non-hydrogen) atoms. The van der Waals surface area contributed by atoms with Crippen LogP contribution in [0, 0.1) is 0 Å². The summed E-state index contributed by atoms with van der Waals surface area (Å²) in [6.45, 7) is 1.26.